The minimum Gasteiger partial charge on any atom is -0.496 e. The van der Waals surface area contributed by atoms with Gasteiger partial charge in [-0.25, -0.2) is 0 Å². The normalized spacial score (nSPS) is 15.4. The van der Waals surface area contributed by atoms with E-state index in [0.717, 1.165) is 5.56 Å². The molecule has 5 heteroatoms. The van der Waals surface area contributed by atoms with E-state index in [4.69, 9.17) is 4.74 Å². The summed E-state index contributed by atoms with van der Waals surface area (Å²) in [4.78, 5) is 29.7. The third kappa shape index (κ3) is 4.19. The molecule has 148 valence electrons. The van der Waals surface area contributed by atoms with Crippen molar-refractivity contribution in [3.63, 3.8) is 0 Å². The van der Waals surface area contributed by atoms with E-state index < -0.39 is 0 Å². The number of benzene rings is 2. The van der Waals surface area contributed by atoms with Crippen molar-refractivity contribution >= 4 is 11.8 Å². The van der Waals surface area contributed by atoms with Gasteiger partial charge in [-0.1, -0.05) is 56.3 Å². The minimum atomic E-state index is -0.155. The van der Waals surface area contributed by atoms with Crippen molar-refractivity contribution < 1.29 is 14.3 Å². The molecule has 0 aromatic heterocycles. The summed E-state index contributed by atoms with van der Waals surface area (Å²) >= 11 is 0. The van der Waals surface area contributed by atoms with Crippen molar-refractivity contribution in [1.29, 1.82) is 0 Å². The molecule has 0 aliphatic carbocycles. The van der Waals surface area contributed by atoms with E-state index in [9.17, 15) is 9.59 Å². The standard InChI is InChI=1S/C23H28N2O3/c1-17(2)21(18-9-5-4-6-10-18)23(27)25-15-13-24(14-16-25)22(26)19-11-7-8-12-20(19)28-3/h4-12,17,21H,13-16H2,1-3H3. The van der Waals surface area contributed by atoms with Crippen LogP contribution in [0.25, 0.3) is 0 Å². The fourth-order valence-corrected chi connectivity index (χ4v) is 3.79. The molecular formula is C23H28N2O3. The summed E-state index contributed by atoms with van der Waals surface area (Å²) < 4.78 is 5.31. The average Bonchev–Trinajstić information content (AvgIpc) is 2.74. The van der Waals surface area contributed by atoms with Crippen LogP contribution in [0.2, 0.25) is 0 Å². The summed E-state index contributed by atoms with van der Waals surface area (Å²) in [5, 5.41) is 0. The van der Waals surface area contributed by atoms with E-state index >= 15 is 0 Å². The number of ether oxygens (including phenoxy) is 1. The van der Waals surface area contributed by atoms with Gasteiger partial charge in [0, 0.05) is 26.2 Å². The van der Waals surface area contributed by atoms with Crippen LogP contribution >= 0.6 is 0 Å². The number of para-hydroxylation sites is 1. The van der Waals surface area contributed by atoms with Crippen molar-refractivity contribution in [1.82, 2.24) is 9.80 Å². The smallest absolute Gasteiger partial charge is 0.257 e. The summed E-state index contributed by atoms with van der Waals surface area (Å²) in [5.74, 6) is 0.731. The third-order valence-corrected chi connectivity index (χ3v) is 5.31. The molecule has 0 bridgehead atoms. The first-order chi connectivity index (χ1) is 13.5. The van der Waals surface area contributed by atoms with Gasteiger partial charge in [-0.05, 0) is 23.6 Å². The van der Waals surface area contributed by atoms with Gasteiger partial charge in [0.15, 0.2) is 0 Å². The molecule has 0 spiro atoms. The van der Waals surface area contributed by atoms with Crippen LogP contribution in [0.15, 0.2) is 54.6 Å². The fraction of sp³-hybridized carbons (Fsp3) is 0.391. The molecule has 1 aliphatic heterocycles. The first-order valence-corrected chi connectivity index (χ1v) is 9.79. The highest BCUT2D eigenvalue weighted by Gasteiger charge is 2.32. The topological polar surface area (TPSA) is 49.9 Å². The number of methoxy groups -OCH3 is 1. The van der Waals surface area contributed by atoms with Crippen molar-refractivity contribution in [2.45, 2.75) is 19.8 Å². The summed E-state index contributed by atoms with van der Waals surface area (Å²) in [6.45, 7) is 6.32. The molecule has 1 aliphatic rings. The average molecular weight is 380 g/mol. The molecule has 2 amide bonds. The maximum Gasteiger partial charge on any atom is 0.257 e. The van der Waals surface area contributed by atoms with Crippen LogP contribution in [0.5, 0.6) is 5.75 Å². The lowest BCUT2D eigenvalue weighted by molar-refractivity contribution is -0.135. The van der Waals surface area contributed by atoms with Crippen LogP contribution in [-0.2, 0) is 4.79 Å². The maximum absolute atomic E-state index is 13.2. The van der Waals surface area contributed by atoms with Crippen LogP contribution in [-0.4, -0.2) is 54.9 Å². The van der Waals surface area contributed by atoms with E-state index in [1.165, 1.54) is 0 Å². The molecule has 0 radical (unpaired) electrons. The largest absolute Gasteiger partial charge is 0.496 e. The zero-order chi connectivity index (χ0) is 20.1. The molecule has 5 nitrogen and oxygen atoms in total. The quantitative estimate of drug-likeness (QED) is 0.799. The summed E-state index contributed by atoms with van der Waals surface area (Å²) in [7, 11) is 1.57. The van der Waals surface area contributed by atoms with Gasteiger partial charge < -0.3 is 14.5 Å². The molecule has 0 N–H and O–H groups in total. The maximum atomic E-state index is 13.2. The Labute approximate surface area is 166 Å². The molecule has 3 rings (SSSR count). The monoisotopic (exact) mass is 380 g/mol. The highest BCUT2D eigenvalue weighted by Crippen LogP contribution is 2.27. The zero-order valence-electron chi connectivity index (χ0n) is 16.8. The molecule has 0 saturated carbocycles. The van der Waals surface area contributed by atoms with Crippen molar-refractivity contribution in [3.8, 4) is 5.75 Å². The highest BCUT2D eigenvalue weighted by molar-refractivity contribution is 5.97. The van der Waals surface area contributed by atoms with Gasteiger partial charge in [0.2, 0.25) is 5.91 Å². The van der Waals surface area contributed by atoms with Gasteiger partial charge in [-0.3, -0.25) is 9.59 Å². The van der Waals surface area contributed by atoms with Crippen LogP contribution in [0.3, 0.4) is 0 Å². The van der Waals surface area contributed by atoms with Gasteiger partial charge in [0.25, 0.3) is 5.91 Å². The summed E-state index contributed by atoms with van der Waals surface area (Å²) in [6, 6.07) is 17.2. The van der Waals surface area contributed by atoms with Crippen LogP contribution in [0.1, 0.15) is 35.7 Å². The van der Waals surface area contributed by atoms with E-state index in [2.05, 4.69) is 13.8 Å². The Balaban J connectivity index is 1.67. The number of carbonyl (C=O) groups excluding carboxylic acids is 2. The Bertz CT molecular complexity index is 812. The van der Waals surface area contributed by atoms with Crippen LogP contribution in [0.4, 0.5) is 0 Å². The number of hydrogen-bond donors (Lipinski definition) is 0. The van der Waals surface area contributed by atoms with Gasteiger partial charge in [0.1, 0.15) is 5.75 Å². The molecule has 1 unspecified atom stereocenters. The Morgan fingerprint density at radius 3 is 2.04 bits per heavy atom. The lowest BCUT2D eigenvalue weighted by Gasteiger charge is -2.37. The predicted molar refractivity (Wildman–Crippen MR) is 109 cm³/mol. The predicted octanol–water partition coefficient (Wildman–Crippen LogP) is 3.42. The van der Waals surface area contributed by atoms with E-state index in [1.807, 2.05) is 47.4 Å². The molecule has 28 heavy (non-hydrogen) atoms. The minimum absolute atomic E-state index is 0.0481. The Morgan fingerprint density at radius 2 is 1.43 bits per heavy atom. The fourth-order valence-electron chi connectivity index (χ4n) is 3.79. The number of rotatable bonds is 5. The zero-order valence-corrected chi connectivity index (χ0v) is 16.8. The number of piperazine rings is 1. The van der Waals surface area contributed by atoms with Gasteiger partial charge in [0.05, 0.1) is 18.6 Å². The van der Waals surface area contributed by atoms with Crippen LogP contribution < -0.4 is 4.74 Å². The number of amides is 2. The molecule has 1 atom stereocenters. The lowest BCUT2D eigenvalue weighted by atomic mass is 9.87. The number of carbonyl (C=O) groups is 2. The summed E-state index contributed by atoms with van der Waals surface area (Å²) in [6.07, 6.45) is 0. The first-order valence-electron chi connectivity index (χ1n) is 9.79. The van der Waals surface area contributed by atoms with Gasteiger partial charge >= 0.3 is 0 Å². The second-order valence-corrected chi connectivity index (χ2v) is 7.45. The van der Waals surface area contributed by atoms with Gasteiger partial charge in [-0.15, -0.1) is 0 Å². The molecule has 1 heterocycles. The summed E-state index contributed by atoms with van der Waals surface area (Å²) in [5.41, 5.74) is 1.61. The molecule has 1 fully saturated rings. The lowest BCUT2D eigenvalue weighted by Crippen LogP contribution is -2.52. The molecular weight excluding hydrogens is 352 g/mol. The molecule has 1 saturated heterocycles. The second-order valence-electron chi connectivity index (χ2n) is 7.45. The Morgan fingerprint density at radius 1 is 0.857 bits per heavy atom. The van der Waals surface area contributed by atoms with Gasteiger partial charge in [-0.2, -0.15) is 0 Å². The van der Waals surface area contributed by atoms with E-state index in [-0.39, 0.29) is 23.7 Å². The number of hydrogen-bond acceptors (Lipinski definition) is 3. The van der Waals surface area contributed by atoms with Crippen LogP contribution in [0, 0.1) is 5.92 Å². The molecule has 2 aromatic carbocycles. The first kappa shape index (κ1) is 19.9. The molecule has 2 aromatic rings. The van der Waals surface area contributed by atoms with Crippen molar-refractivity contribution in [3.05, 3.63) is 65.7 Å². The third-order valence-electron chi connectivity index (χ3n) is 5.31. The Kier molecular flexibility index (Phi) is 6.34. The van der Waals surface area contributed by atoms with E-state index in [1.54, 1.807) is 24.1 Å². The Hall–Kier alpha value is -2.82. The van der Waals surface area contributed by atoms with Crippen molar-refractivity contribution in [2.75, 3.05) is 33.3 Å². The van der Waals surface area contributed by atoms with E-state index in [0.29, 0.717) is 37.5 Å². The number of nitrogens with zero attached hydrogens (tertiary/aromatic N) is 2. The van der Waals surface area contributed by atoms with Crippen molar-refractivity contribution in [2.24, 2.45) is 5.92 Å². The highest BCUT2D eigenvalue weighted by atomic mass is 16.5. The second kappa shape index (κ2) is 8.91. The SMILES string of the molecule is COc1ccccc1C(=O)N1CCN(C(=O)C(c2ccccc2)C(C)C)CC1.